The maximum Gasteiger partial charge on any atom is 0.260 e. The third-order valence-electron chi connectivity index (χ3n) is 4.02. The molecule has 3 rings (SSSR count). The highest BCUT2D eigenvalue weighted by Crippen LogP contribution is 2.25. The van der Waals surface area contributed by atoms with Crippen molar-refractivity contribution in [3.05, 3.63) is 41.5 Å². The average Bonchev–Trinajstić information content (AvgIpc) is 2.99. The standard InChI is InChI=1S/C17H21N3O3/c1-12-5-3-7-15(9-12)22-11-16(21)20-8-4-6-14(10-20)17-18-13(2)19-23-17/h3,5,7,9,14H,4,6,8,10-11H2,1-2H3/t14-/m0/s1. The van der Waals surface area contributed by atoms with Gasteiger partial charge < -0.3 is 14.2 Å². The van der Waals surface area contributed by atoms with E-state index in [1.807, 2.05) is 36.1 Å². The minimum absolute atomic E-state index is 0.00700. The van der Waals surface area contributed by atoms with Crippen molar-refractivity contribution in [3.63, 3.8) is 0 Å². The molecule has 0 radical (unpaired) electrons. The van der Waals surface area contributed by atoms with Crippen molar-refractivity contribution < 1.29 is 14.1 Å². The summed E-state index contributed by atoms with van der Waals surface area (Å²) in [5.74, 6) is 2.09. The summed E-state index contributed by atoms with van der Waals surface area (Å²) in [5, 5.41) is 3.83. The second-order valence-electron chi connectivity index (χ2n) is 5.96. The molecule has 0 bridgehead atoms. The largest absolute Gasteiger partial charge is 0.484 e. The van der Waals surface area contributed by atoms with E-state index in [1.165, 1.54) is 0 Å². The Morgan fingerprint density at radius 1 is 1.43 bits per heavy atom. The molecule has 0 aliphatic carbocycles. The molecule has 1 fully saturated rings. The Balaban J connectivity index is 1.56. The molecule has 2 aromatic rings. The molecule has 23 heavy (non-hydrogen) atoms. The van der Waals surface area contributed by atoms with Crippen molar-refractivity contribution >= 4 is 5.91 Å². The van der Waals surface area contributed by atoms with E-state index < -0.39 is 0 Å². The number of aromatic nitrogens is 2. The molecule has 2 heterocycles. The van der Waals surface area contributed by atoms with E-state index in [-0.39, 0.29) is 18.4 Å². The third kappa shape index (κ3) is 3.88. The van der Waals surface area contributed by atoms with Gasteiger partial charge in [-0.05, 0) is 44.4 Å². The van der Waals surface area contributed by atoms with Crippen LogP contribution in [0.5, 0.6) is 5.75 Å². The summed E-state index contributed by atoms with van der Waals surface area (Å²) >= 11 is 0. The zero-order chi connectivity index (χ0) is 16.2. The van der Waals surface area contributed by atoms with Crippen LogP contribution in [0, 0.1) is 13.8 Å². The van der Waals surface area contributed by atoms with E-state index >= 15 is 0 Å². The maximum atomic E-state index is 12.4. The lowest BCUT2D eigenvalue weighted by Crippen LogP contribution is -2.41. The first-order valence-corrected chi connectivity index (χ1v) is 7.89. The second-order valence-corrected chi connectivity index (χ2v) is 5.96. The predicted octanol–water partition coefficient (Wildman–Crippen LogP) is 2.47. The number of rotatable bonds is 4. The molecule has 1 aromatic carbocycles. The first-order valence-electron chi connectivity index (χ1n) is 7.89. The van der Waals surface area contributed by atoms with Crippen LogP contribution in [0.3, 0.4) is 0 Å². The first kappa shape index (κ1) is 15.5. The third-order valence-corrected chi connectivity index (χ3v) is 4.02. The average molecular weight is 315 g/mol. The zero-order valence-corrected chi connectivity index (χ0v) is 13.5. The van der Waals surface area contributed by atoms with Crippen LogP contribution in [0.1, 0.15) is 36.0 Å². The highest BCUT2D eigenvalue weighted by molar-refractivity contribution is 5.78. The number of carbonyl (C=O) groups excluding carboxylic acids is 1. The summed E-state index contributed by atoms with van der Waals surface area (Å²) in [6.07, 6.45) is 1.90. The van der Waals surface area contributed by atoms with Gasteiger partial charge in [-0.1, -0.05) is 17.3 Å². The highest BCUT2D eigenvalue weighted by atomic mass is 16.5. The van der Waals surface area contributed by atoms with E-state index in [2.05, 4.69) is 10.1 Å². The summed E-state index contributed by atoms with van der Waals surface area (Å²) in [7, 11) is 0. The van der Waals surface area contributed by atoms with Gasteiger partial charge >= 0.3 is 0 Å². The molecule has 1 aliphatic rings. The Kier molecular flexibility index (Phi) is 4.60. The maximum absolute atomic E-state index is 12.4. The van der Waals surface area contributed by atoms with Crippen LogP contribution in [-0.2, 0) is 4.79 Å². The number of amides is 1. The summed E-state index contributed by atoms with van der Waals surface area (Å²) in [5.41, 5.74) is 1.11. The Hall–Kier alpha value is -2.37. The molecule has 6 nitrogen and oxygen atoms in total. The molecule has 0 unspecified atom stereocenters. The van der Waals surface area contributed by atoms with Crippen molar-refractivity contribution in [2.45, 2.75) is 32.6 Å². The molecular formula is C17H21N3O3. The molecule has 1 aliphatic heterocycles. The Bertz CT molecular complexity index is 683. The number of ether oxygens (including phenoxy) is 1. The number of carbonyl (C=O) groups is 1. The quantitative estimate of drug-likeness (QED) is 0.867. The van der Waals surface area contributed by atoms with Gasteiger partial charge in [0.05, 0.1) is 5.92 Å². The van der Waals surface area contributed by atoms with Gasteiger partial charge in [-0.3, -0.25) is 4.79 Å². The normalized spacial score (nSPS) is 18.0. The van der Waals surface area contributed by atoms with Crippen LogP contribution in [0.15, 0.2) is 28.8 Å². The molecule has 6 heteroatoms. The van der Waals surface area contributed by atoms with Gasteiger partial charge in [-0.2, -0.15) is 4.98 Å². The number of likely N-dealkylation sites (tertiary alicyclic amines) is 1. The van der Waals surface area contributed by atoms with E-state index in [0.717, 1.165) is 30.7 Å². The Morgan fingerprint density at radius 2 is 2.30 bits per heavy atom. The van der Waals surface area contributed by atoms with Crippen molar-refractivity contribution in [2.24, 2.45) is 0 Å². The molecule has 122 valence electrons. The molecule has 1 amide bonds. The molecule has 1 atom stereocenters. The lowest BCUT2D eigenvalue weighted by Gasteiger charge is -2.30. The fourth-order valence-electron chi connectivity index (χ4n) is 2.83. The molecular weight excluding hydrogens is 294 g/mol. The number of hydrogen-bond donors (Lipinski definition) is 0. The minimum Gasteiger partial charge on any atom is -0.484 e. The molecule has 0 N–H and O–H groups in total. The Labute approximate surface area is 135 Å². The zero-order valence-electron chi connectivity index (χ0n) is 13.5. The van der Waals surface area contributed by atoms with Crippen LogP contribution < -0.4 is 4.74 Å². The van der Waals surface area contributed by atoms with E-state index in [0.29, 0.717) is 18.3 Å². The lowest BCUT2D eigenvalue weighted by molar-refractivity contribution is -0.134. The number of piperidine rings is 1. The van der Waals surface area contributed by atoms with Crippen LogP contribution in [-0.4, -0.2) is 40.6 Å². The van der Waals surface area contributed by atoms with E-state index in [1.54, 1.807) is 6.92 Å². The second kappa shape index (κ2) is 6.81. The van der Waals surface area contributed by atoms with Crippen molar-refractivity contribution in [1.29, 1.82) is 0 Å². The van der Waals surface area contributed by atoms with Crippen LogP contribution in [0.4, 0.5) is 0 Å². The fourth-order valence-corrected chi connectivity index (χ4v) is 2.83. The van der Waals surface area contributed by atoms with Crippen LogP contribution in [0.2, 0.25) is 0 Å². The van der Waals surface area contributed by atoms with Gasteiger partial charge in [0.1, 0.15) is 5.75 Å². The summed E-state index contributed by atoms with van der Waals surface area (Å²) in [6, 6.07) is 7.70. The molecule has 1 saturated heterocycles. The summed E-state index contributed by atoms with van der Waals surface area (Å²) in [4.78, 5) is 18.5. The number of aryl methyl sites for hydroxylation is 2. The smallest absolute Gasteiger partial charge is 0.260 e. The van der Waals surface area contributed by atoms with Crippen molar-refractivity contribution in [2.75, 3.05) is 19.7 Å². The molecule has 0 spiro atoms. The number of hydrogen-bond acceptors (Lipinski definition) is 5. The summed E-state index contributed by atoms with van der Waals surface area (Å²) < 4.78 is 10.8. The topological polar surface area (TPSA) is 68.5 Å². The van der Waals surface area contributed by atoms with E-state index in [9.17, 15) is 4.79 Å². The SMILES string of the molecule is Cc1cccc(OCC(=O)N2CCC[C@H](c3nc(C)no3)C2)c1. The first-order chi connectivity index (χ1) is 11.1. The van der Waals surface area contributed by atoms with Gasteiger partial charge in [0.2, 0.25) is 5.89 Å². The van der Waals surface area contributed by atoms with Crippen molar-refractivity contribution in [1.82, 2.24) is 15.0 Å². The number of benzene rings is 1. The monoisotopic (exact) mass is 315 g/mol. The van der Waals surface area contributed by atoms with Gasteiger partial charge in [0, 0.05) is 13.1 Å². The molecule has 0 saturated carbocycles. The highest BCUT2D eigenvalue weighted by Gasteiger charge is 2.28. The lowest BCUT2D eigenvalue weighted by atomic mass is 9.98. The van der Waals surface area contributed by atoms with Gasteiger partial charge in [-0.25, -0.2) is 0 Å². The predicted molar refractivity (Wildman–Crippen MR) is 84.3 cm³/mol. The summed E-state index contributed by atoms with van der Waals surface area (Å²) in [6.45, 7) is 5.21. The number of nitrogens with zero attached hydrogens (tertiary/aromatic N) is 3. The fraction of sp³-hybridized carbons (Fsp3) is 0.471. The Morgan fingerprint density at radius 3 is 3.04 bits per heavy atom. The van der Waals surface area contributed by atoms with Gasteiger partial charge in [-0.15, -0.1) is 0 Å². The van der Waals surface area contributed by atoms with E-state index in [4.69, 9.17) is 9.26 Å². The van der Waals surface area contributed by atoms with Crippen LogP contribution in [0.25, 0.3) is 0 Å². The molecule has 1 aromatic heterocycles. The van der Waals surface area contributed by atoms with Gasteiger partial charge in [0.15, 0.2) is 12.4 Å². The van der Waals surface area contributed by atoms with Crippen molar-refractivity contribution in [3.8, 4) is 5.75 Å². The van der Waals surface area contributed by atoms with Crippen LogP contribution >= 0.6 is 0 Å². The minimum atomic E-state index is -0.00700. The van der Waals surface area contributed by atoms with Gasteiger partial charge in [0.25, 0.3) is 5.91 Å².